The van der Waals surface area contributed by atoms with Crippen LogP contribution in [0.3, 0.4) is 0 Å². The van der Waals surface area contributed by atoms with Crippen molar-refractivity contribution in [3.05, 3.63) is 29.3 Å². The molecule has 0 saturated heterocycles. The average molecular weight is 401 g/mol. The Morgan fingerprint density at radius 1 is 1.31 bits per heavy atom. The topological polar surface area (TPSA) is 95.6 Å². The first-order valence-electron chi connectivity index (χ1n) is 11.4. The van der Waals surface area contributed by atoms with E-state index in [-0.39, 0.29) is 17.4 Å². The van der Waals surface area contributed by atoms with Gasteiger partial charge in [0.1, 0.15) is 5.75 Å². The molecule has 1 aromatic rings. The summed E-state index contributed by atoms with van der Waals surface area (Å²) in [5, 5.41) is 23.6. The summed E-state index contributed by atoms with van der Waals surface area (Å²) in [7, 11) is 0. The highest BCUT2D eigenvalue weighted by molar-refractivity contribution is 5.75. The number of aromatic hydroxyl groups is 1. The first-order valence-corrected chi connectivity index (χ1v) is 11.4. The summed E-state index contributed by atoms with van der Waals surface area (Å²) in [6.45, 7) is 3.31. The molecule has 5 heteroatoms. The van der Waals surface area contributed by atoms with E-state index in [0.29, 0.717) is 48.9 Å². The molecule has 0 bridgehead atoms. The number of benzene rings is 1. The molecule has 0 aromatic heterocycles. The van der Waals surface area contributed by atoms with Crippen molar-refractivity contribution in [2.24, 2.45) is 28.9 Å². The maximum Gasteiger partial charge on any atom is 0.220 e. The van der Waals surface area contributed by atoms with Crippen molar-refractivity contribution in [2.45, 2.75) is 70.3 Å². The van der Waals surface area contributed by atoms with Crippen molar-refractivity contribution < 1.29 is 15.0 Å². The van der Waals surface area contributed by atoms with Crippen LogP contribution in [-0.4, -0.2) is 35.3 Å². The second-order valence-electron chi connectivity index (χ2n) is 9.81. The zero-order valence-corrected chi connectivity index (χ0v) is 17.6. The zero-order chi connectivity index (χ0) is 20.6. The molecule has 0 radical (unpaired) electrons. The van der Waals surface area contributed by atoms with Crippen molar-refractivity contribution in [2.75, 3.05) is 13.1 Å². The van der Waals surface area contributed by atoms with Gasteiger partial charge in [0, 0.05) is 19.5 Å². The van der Waals surface area contributed by atoms with Crippen LogP contribution in [0.1, 0.15) is 68.9 Å². The molecule has 3 aliphatic rings. The number of phenolic OH excluding ortho intramolecular Hbond substituents is 1. The fourth-order valence-corrected chi connectivity index (χ4v) is 6.86. The van der Waals surface area contributed by atoms with Crippen molar-refractivity contribution in [1.29, 1.82) is 0 Å². The van der Waals surface area contributed by atoms with Crippen LogP contribution in [0.25, 0.3) is 0 Å². The van der Waals surface area contributed by atoms with Crippen LogP contribution in [-0.2, 0) is 11.2 Å². The fourth-order valence-electron chi connectivity index (χ4n) is 6.86. The molecule has 6 atom stereocenters. The number of aliphatic hydroxyl groups is 1. The minimum atomic E-state index is -0.183. The molecule has 0 unspecified atom stereocenters. The van der Waals surface area contributed by atoms with Gasteiger partial charge in [0.05, 0.1) is 6.10 Å². The van der Waals surface area contributed by atoms with Crippen molar-refractivity contribution >= 4 is 5.91 Å². The standard InChI is InChI=1S/C24H36N2O3/c1-24-10-9-19-18-6-5-17(27)14-16(18)13-15(3-2-4-22(29)26-12-11-25)23(19)20(24)7-8-21(24)28/h5-6,14-15,19-21,23,27-28H,2-4,7-13,25H2,1H3,(H,26,29)/t15-,19-,20+,21+,23-,24+/m1/s1. The van der Waals surface area contributed by atoms with E-state index in [9.17, 15) is 15.0 Å². The van der Waals surface area contributed by atoms with Gasteiger partial charge in [0.25, 0.3) is 0 Å². The zero-order valence-electron chi connectivity index (χ0n) is 17.6. The summed E-state index contributed by atoms with van der Waals surface area (Å²) in [6, 6.07) is 5.91. The summed E-state index contributed by atoms with van der Waals surface area (Å²) in [6.07, 6.45) is 7.45. The number of nitrogens with one attached hydrogen (secondary N) is 1. The fraction of sp³-hybridized carbons (Fsp3) is 0.708. The monoisotopic (exact) mass is 400 g/mol. The summed E-state index contributed by atoms with van der Waals surface area (Å²) in [5.41, 5.74) is 8.20. The number of phenols is 1. The predicted octanol–water partition coefficient (Wildman–Crippen LogP) is 3.08. The molecule has 2 saturated carbocycles. The number of fused-ring (bicyclic) bond motifs is 5. The van der Waals surface area contributed by atoms with E-state index in [1.165, 1.54) is 11.1 Å². The number of carbonyl (C=O) groups is 1. The Hall–Kier alpha value is -1.59. The van der Waals surface area contributed by atoms with Gasteiger partial charge >= 0.3 is 0 Å². The van der Waals surface area contributed by atoms with Crippen molar-refractivity contribution in [1.82, 2.24) is 5.32 Å². The van der Waals surface area contributed by atoms with E-state index in [1.54, 1.807) is 0 Å². The predicted molar refractivity (Wildman–Crippen MR) is 114 cm³/mol. The molecule has 5 nitrogen and oxygen atoms in total. The molecule has 4 rings (SSSR count). The van der Waals surface area contributed by atoms with E-state index < -0.39 is 0 Å². The van der Waals surface area contributed by atoms with Crippen molar-refractivity contribution in [3.63, 3.8) is 0 Å². The Balaban J connectivity index is 1.55. The van der Waals surface area contributed by atoms with E-state index in [0.717, 1.165) is 44.9 Å². The van der Waals surface area contributed by atoms with Crippen LogP contribution in [0.5, 0.6) is 5.75 Å². The lowest BCUT2D eigenvalue weighted by atomic mass is 9.52. The highest BCUT2D eigenvalue weighted by Gasteiger charge is 2.56. The molecule has 3 aliphatic carbocycles. The number of nitrogens with two attached hydrogens (primary N) is 1. The third-order valence-electron chi connectivity index (χ3n) is 8.28. The van der Waals surface area contributed by atoms with Gasteiger partial charge in [-0.3, -0.25) is 4.79 Å². The quantitative estimate of drug-likeness (QED) is 0.590. The smallest absolute Gasteiger partial charge is 0.220 e. The molecular formula is C24H36N2O3. The van der Waals surface area contributed by atoms with Crippen LogP contribution >= 0.6 is 0 Å². The minimum absolute atomic E-state index is 0.0341. The lowest BCUT2D eigenvalue weighted by Gasteiger charge is -2.53. The Bertz CT molecular complexity index is 752. The second kappa shape index (κ2) is 8.27. The van der Waals surface area contributed by atoms with Crippen LogP contribution in [0.4, 0.5) is 0 Å². The van der Waals surface area contributed by atoms with Gasteiger partial charge in [0.2, 0.25) is 5.91 Å². The number of amides is 1. The molecule has 0 aliphatic heterocycles. The number of hydrogen-bond acceptors (Lipinski definition) is 4. The van der Waals surface area contributed by atoms with Crippen molar-refractivity contribution in [3.8, 4) is 5.75 Å². The Morgan fingerprint density at radius 2 is 2.14 bits per heavy atom. The maximum absolute atomic E-state index is 12.0. The van der Waals surface area contributed by atoms with Gasteiger partial charge in [0.15, 0.2) is 0 Å². The SMILES string of the molecule is C[C@]12CC[C@@H]3c4ccc(O)cc4C[C@@H](CCCC(=O)NCCN)[C@H]3[C@@H]1CC[C@@H]2O. The number of rotatable bonds is 6. The number of carbonyl (C=O) groups excluding carboxylic acids is 1. The summed E-state index contributed by atoms with van der Waals surface area (Å²) in [4.78, 5) is 12.0. The molecule has 160 valence electrons. The summed E-state index contributed by atoms with van der Waals surface area (Å²) >= 11 is 0. The second-order valence-corrected chi connectivity index (χ2v) is 9.81. The van der Waals surface area contributed by atoms with Gasteiger partial charge in [-0.1, -0.05) is 13.0 Å². The summed E-state index contributed by atoms with van der Waals surface area (Å²) in [5.74, 6) is 2.57. The van der Waals surface area contributed by atoms with Crippen LogP contribution in [0.2, 0.25) is 0 Å². The first-order chi connectivity index (χ1) is 13.9. The van der Waals surface area contributed by atoms with E-state index >= 15 is 0 Å². The highest BCUT2D eigenvalue weighted by atomic mass is 16.3. The molecule has 2 fully saturated rings. The lowest BCUT2D eigenvalue weighted by Crippen LogP contribution is -2.47. The minimum Gasteiger partial charge on any atom is -0.508 e. The lowest BCUT2D eigenvalue weighted by molar-refractivity contribution is -0.121. The van der Waals surface area contributed by atoms with Gasteiger partial charge < -0.3 is 21.3 Å². The molecule has 5 N–H and O–H groups in total. The molecule has 0 spiro atoms. The van der Waals surface area contributed by atoms with Gasteiger partial charge in [-0.2, -0.15) is 0 Å². The van der Waals surface area contributed by atoms with E-state index in [4.69, 9.17) is 5.73 Å². The maximum atomic E-state index is 12.0. The van der Waals surface area contributed by atoms with Crippen LogP contribution in [0, 0.1) is 23.2 Å². The highest BCUT2D eigenvalue weighted by Crippen LogP contribution is 2.62. The first kappa shape index (κ1) is 20.7. The Labute approximate surface area is 174 Å². The summed E-state index contributed by atoms with van der Waals surface area (Å²) < 4.78 is 0. The molecule has 0 heterocycles. The third kappa shape index (κ3) is 3.79. The van der Waals surface area contributed by atoms with Gasteiger partial charge in [-0.15, -0.1) is 0 Å². The Kier molecular flexibility index (Phi) is 5.90. The van der Waals surface area contributed by atoms with Crippen LogP contribution in [0.15, 0.2) is 18.2 Å². The molecule has 1 amide bonds. The number of aliphatic hydroxyl groups excluding tert-OH is 1. The van der Waals surface area contributed by atoms with Crippen LogP contribution < -0.4 is 11.1 Å². The average Bonchev–Trinajstić information content (AvgIpc) is 3.00. The third-order valence-corrected chi connectivity index (χ3v) is 8.28. The Morgan fingerprint density at radius 3 is 2.93 bits per heavy atom. The van der Waals surface area contributed by atoms with E-state index in [2.05, 4.69) is 18.3 Å². The normalized spacial score (nSPS) is 35.5. The van der Waals surface area contributed by atoms with Gasteiger partial charge in [-0.25, -0.2) is 0 Å². The van der Waals surface area contributed by atoms with E-state index in [1.807, 2.05) is 12.1 Å². The van der Waals surface area contributed by atoms with Gasteiger partial charge in [-0.05, 0) is 97.3 Å². The molecular weight excluding hydrogens is 364 g/mol. The largest absolute Gasteiger partial charge is 0.508 e. The molecule has 29 heavy (non-hydrogen) atoms. The molecule has 1 aromatic carbocycles. The number of hydrogen-bond donors (Lipinski definition) is 4.